The van der Waals surface area contributed by atoms with Crippen molar-refractivity contribution in [2.24, 2.45) is 0 Å². The van der Waals surface area contributed by atoms with Gasteiger partial charge in [0, 0.05) is 6.20 Å². The molecule has 0 aliphatic heterocycles. The molecule has 1 rings (SSSR count). The highest BCUT2D eigenvalue weighted by Gasteiger charge is 2.03. The van der Waals surface area contributed by atoms with Gasteiger partial charge in [-0.25, -0.2) is 4.39 Å². The molecule has 1 aromatic rings. The van der Waals surface area contributed by atoms with Crippen molar-refractivity contribution in [3.05, 3.63) is 28.8 Å². The van der Waals surface area contributed by atoms with Crippen molar-refractivity contribution < 1.29 is 4.39 Å². The first-order chi connectivity index (χ1) is 4.75. The third-order valence-corrected chi connectivity index (χ3v) is 1.54. The Morgan fingerprint density at radius 2 is 2.40 bits per heavy atom. The van der Waals surface area contributed by atoms with Crippen LogP contribution in [0.1, 0.15) is 12.6 Å². The molecular weight excluding hydrogens is 153 g/mol. The van der Waals surface area contributed by atoms with Gasteiger partial charge in [-0.05, 0) is 12.5 Å². The Labute approximate surface area is 63.8 Å². The zero-order chi connectivity index (χ0) is 7.56. The third kappa shape index (κ3) is 1.27. The van der Waals surface area contributed by atoms with Crippen molar-refractivity contribution in [1.29, 1.82) is 0 Å². The van der Waals surface area contributed by atoms with Gasteiger partial charge in [0.1, 0.15) is 0 Å². The zero-order valence-electron chi connectivity index (χ0n) is 5.56. The van der Waals surface area contributed by atoms with Crippen LogP contribution in [-0.2, 0) is 6.42 Å². The summed E-state index contributed by atoms with van der Waals surface area (Å²) in [7, 11) is 0. The second kappa shape index (κ2) is 2.97. The summed E-state index contributed by atoms with van der Waals surface area (Å²) in [5, 5.41) is 0.145. The number of rotatable bonds is 1. The Morgan fingerprint density at radius 3 is 2.90 bits per heavy atom. The fraction of sp³-hybridized carbons (Fsp3) is 0.286. The van der Waals surface area contributed by atoms with E-state index in [-0.39, 0.29) is 5.02 Å². The largest absolute Gasteiger partial charge is 0.258 e. The van der Waals surface area contributed by atoms with Gasteiger partial charge >= 0.3 is 0 Å². The number of aryl methyl sites for hydroxylation is 1. The highest BCUT2D eigenvalue weighted by molar-refractivity contribution is 6.30. The van der Waals surface area contributed by atoms with Crippen LogP contribution in [0.5, 0.6) is 0 Å². The van der Waals surface area contributed by atoms with E-state index >= 15 is 0 Å². The highest BCUT2D eigenvalue weighted by Crippen LogP contribution is 2.15. The van der Waals surface area contributed by atoms with Crippen LogP contribution >= 0.6 is 11.6 Å². The molecular formula is C7H7ClFN. The highest BCUT2D eigenvalue weighted by atomic mass is 35.5. The summed E-state index contributed by atoms with van der Waals surface area (Å²) in [6.45, 7) is 1.84. The van der Waals surface area contributed by atoms with Crippen molar-refractivity contribution in [1.82, 2.24) is 4.98 Å². The maximum absolute atomic E-state index is 12.8. The Bertz CT molecular complexity index is 237. The van der Waals surface area contributed by atoms with Crippen molar-refractivity contribution in [2.45, 2.75) is 13.3 Å². The molecule has 54 valence electrons. The molecule has 0 amide bonds. The van der Waals surface area contributed by atoms with Crippen molar-refractivity contribution in [3.63, 3.8) is 0 Å². The molecule has 1 aromatic heterocycles. The summed E-state index contributed by atoms with van der Waals surface area (Å²) in [6, 6.07) is 1.44. The fourth-order valence-electron chi connectivity index (χ4n) is 0.707. The molecule has 3 heteroatoms. The van der Waals surface area contributed by atoms with Gasteiger partial charge in [-0.1, -0.05) is 18.5 Å². The van der Waals surface area contributed by atoms with Gasteiger partial charge in [-0.2, -0.15) is 0 Å². The molecule has 0 radical (unpaired) electrons. The lowest BCUT2D eigenvalue weighted by Crippen LogP contribution is -1.91. The predicted octanol–water partition coefficient (Wildman–Crippen LogP) is 2.44. The standard InChI is InChI=1S/C7H7ClFN/c1-2-6-7(9)5(8)3-4-10-6/h3-4H,2H2,1H3. The molecule has 0 aliphatic carbocycles. The third-order valence-electron chi connectivity index (χ3n) is 1.25. The minimum Gasteiger partial charge on any atom is -0.258 e. The summed E-state index contributed by atoms with van der Waals surface area (Å²) in [4.78, 5) is 3.80. The molecule has 0 N–H and O–H groups in total. The van der Waals surface area contributed by atoms with Gasteiger partial charge in [-0.3, -0.25) is 4.98 Å². The van der Waals surface area contributed by atoms with Gasteiger partial charge in [0.15, 0.2) is 5.82 Å². The van der Waals surface area contributed by atoms with Crippen LogP contribution in [0.25, 0.3) is 0 Å². The van der Waals surface area contributed by atoms with Crippen LogP contribution in [0.4, 0.5) is 4.39 Å². The first-order valence-corrected chi connectivity index (χ1v) is 3.42. The van der Waals surface area contributed by atoms with Crippen molar-refractivity contribution >= 4 is 11.6 Å². The molecule has 0 unspecified atom stereocenters. The van der Waals surface area contributed by atoms with E-state index in [1.165, 1.54) is 12.3 Å². The van der Waals surface area contributed by atoms with Crippen molar-refractivity contribution in [2.75, 3.05) is 0 Å². The van der Waals surface area contributed by atoms with Gasteiger partial charge in [0.25, 0.3) is 0 Å². The van der Waals surface area contributed by atoms with E-state index in [0.717, 1.165) is 0 Å². The van der Waals surface area contributed by atoms with E-state index in [4.69, 9.17) is 11.6 Å². The quantitative estimate of drug-likeness (QED) is 0.614. The number of hydrogen-bond acceptors (Lipinski definition) is 1. The van der Waals surface area contributed by atoms with Gasteiger partial charge in [0.2, 0.25) is 0 Å². The van der Waals surface area contributed by atoms with Crippen LogP contribution in [0, 0.1) is 5.82 Å². The van der Waals surface area contributed by atoms with Gasteiger partial charge < -0.3 is 0 Å². The van der Waals surface area contributed by atoms with Crippen LogP contribution in [0.15, 0.2) is 12.3 Å². The first kappa shape index (κ1) is 7.48. The Hall–Kier alpha value is -0.630. The monoisotopic (exact) mass is 159 g/mol. The molecule has 0 aliphatic rings. The van der Waals surface area contributed by atoms with Crippen LogP contribution in [0.3, 0.4) is 0 Å². The molecule has 1 nitrogen and oxygen atoms in total. The first-order valence-electron chi connectivity index (χ1n) is 3.04. The van der Waals surface area contributed by atoms with E-state index in [2.05, 4.69) is 4.98 Å². The summed E-state index contributed by atoms with van der Waals surface area (Å²) >= 11 is 5.48. The number of hydrogen-bond donors (Lipinski definition) is 0. The second-order valence-corrected chi connectivity index (χ2v) is 2.31. The molecule has 10 heavy (non-hydrogen) atoms. The summed E-state index contributed by atoms with van der Waals surface area (Å²) in [5.41, 5.74) is 0.424. The SMILES string of the molecule is CCc1nccc(Cl)c1F. The molecule has 0 aromatic carbocycles. The van der Waals surface area contributed by atoms with E-state index < -0.39 is 5.82 Å². The number of pyridine rings is 1. The lowest BCUT2D eigenvalue weighted by atomic mass is 10.3. The molecule has 0 saturated heterocycles. The topological polar surface area (TPSA) is 12.9 Å². The molecule has 0 fully saturated rings. The van der Waals surface area contributed by atoms with E-state index in [9.17, 15) is 4.39 Å². The lowest BCUT2D eigenvalue weighted by Gasteiger charge is -1.97. The average molecular weight is 160 g/mol. The lowest BCUT2D eigenvalue weighted by molar-refractivity contribution is 0.602. The van der Waals surface area contributed by atoms with E-state index in [1.807, 2.05) is 6.92 Å². The van der Waals surface area contributed by atoms with Gasteiger partial charge in [0.05, 0.1) is 10.7 Å². The number of halogens is 2. The molecule has 1 heterocycles. The normalized spacial score (nSPS) is 9.90. The Kier molecular flexibility index (Phi) is 2.22. The summed E-state index contributed by atoms with van der Waals surface area (Å²) in [6.07, 6.45) is 2.08. The van der Waals surface area contributed by atoms with Crippen LogP contribution in [0.2, 0.25) is 5.02 Å². The number of aromatic nitrogens is 1. The fourth-order valence-corrected chi connectivity index (χ4v) is 0.872. The Morgan fingerprint density at radius 1 is 1.70 bits per heavy atom. The average Bonchev–Trinajstić information content (AvgIpc) is 1.95. The van der Waals surface area contributed by atoms with Crippen LogP contribution in [-0.4, -0.2) is 4.98 Å². The van der Waals surface area contributed by atoms with Crippen LogP contribution < -0.4 is 0 Å². The maximum Gasteiger partial charge on any atom is 0.163 e. The minimum absolute atomic E-state index is 0.145. The number of nitrogens with zero attached hydrogens (tertiary/aromatic N) is 1. The van der Waals surface area contributed by atoms with E-state index in [1.54, 1.807) is 0 Å². The second-order valence-electron chi connectivity index (χ2n) is 1.91. The zero-order valence-corrected chi connectivity index (χ0v) is 6.32. The molecule has 0 saturated carbocycles. The smallest absolute Gasteiger partial charge is 0.163 e. The van der Waals surface area contributed by atoms with E-state index in [0.29, 0.717) is 12.1 Å². The predicted molar refractivity (Wildman–Crippen MR) is 38.6 cm³/mol. The molecule has 0 atom stereocenters. The Balaban J connectivity index is 3.14. The molecule has 0 bridgehead atoms. The summed E-state index contributed by atoms with van der Waals surface area (Å²) < 4.78 is 12.8. The molecule has 0 spiro atoms. The van der Waals surface area contributed by atoms with Gasteiger partial charge in [-0.15, -0.1) is 0 Å². The maximum atomic E-state index is 12.8. The van der Waals surface area contributed by atoms with Crippen molar-refractivity contribution in [3.8, 4) is 0 Å². The minimum atomic E-state index is -0.397. The summed E-state index contributed by atoms with van der Waals surface area (Å²) in [5.74, 6) is -0.397.